The number of hydrogen-bond donors (Lipinski definition) is 0. The molecule has 4 nitrogen and oxygen atoms in total. The molecule has 0 unspecified atom stereocenters. The van der Waals surface area contributed by atoms with Crippen LogP contribution in [0, 0.1) is 6.92 Å². The van der Waals surface area contributed by atoms with Crippen molar-refractivity contribution in [1.82, 2.24) is 9.29 Å². The molecular formula is C8H10Cl2N2O2S. The van der Waals surface area contributed by atoms with Gasteiger partial charge in [0, 0.05) is 14.1 Å². The Bertz CT molecular complexity index is 486. The van der Waals surface area contributed by atoms with Crippen LogP contribution in [-0.4, -0.2) is 31.8 Å². The van der Waals surface area contributed by atoms with Gasteiger partial charge in [0.1, 0.15) is 10.0 Å². The number of nitrogens with zero attached hydrogens (tertiary/aromatic N) is 2. The first-order chi connectivity index (χ1) is 6.76. The number of pyridine rings is 1. The number of halogens is 2. The fraction of sp³-hybridized carbons (Fsp3) is 0.375. The maximum Gasteiger partial charge on any atom is 0.244 e. The van der Waals surface area contributed by atoms with Gasteiger partial charge in [-0.2, -0.15) is 0 Å². The molecule has 0 saturated heterocycles. The Hall–Kier alpha value is -0.360. The van der Waals surface area contributed by atoms with E-state index in [2.05, 4.69) is 4.98 Å². The van der Waals surface area contributed by atoms with E-state index in [9.17, 15) is 8.42 Å². The summed E-state index contributed by atoms with van der Waals surface area (Å²) in [7, 11) is -0.636. The number of aryl methyl sites for hydroxylation is 1. The molecule has 7 heteroatoms. The van der Waals surface area contributed by atoms with Crippen LogP contribution in [0.2, 0.25) is 10.2 Å². The standard InChI is InChI=1S/C8H10Cl2N2O2S/c1-5-7(15(13,14)12(2)3)4-6(9)8(10)11-5/h4H,1-3H3. The Balaban J connectivity index is 3.46. The normalized spacial score (nSPS) is 12.1. The zero-order valence-electron chi connectivity index (χ0n) is 8.45. The van der Waals surface area contributed by atoms with Gasteiger partial charge in [-0.05, 0) is 13.0 Å². The second kappa shape index (κ2) is 4.25. The molecule has 1 heterocycles. The first-order valence-corrected chi connectivity index (χ1v) is 6.21. The molecule has 0 aliphatic rings. The van der Waals surface area contributed by atoms with E-state index < -0.39 is 10.0 Å². The molecule has 0 spiro atoms. The third kappa shape index (κ3) is 2.42. The highest BCUT2D eigenvalue weighted by atomic mass is 35.5. The molecule has 0 N–H and O–H groups in total. The Labute approximate surface area is 98.9 Å². The van der Waals surface area contributed by atoms with Crippen LogP contribution < -0.4 is 0 Å². The van der Waals surface area contributed by atoms with Gasteiger partial charge in [0.15, 0.2) is 0 Å². The van der Waals surface area contributed by atoms with Crippen LogP contribution in [0.3, 0.4) is 0 Å². The molecule has 0 bridgehead atoms. The Morgan fingerprint density at radius 3 is 2.33 bits per heavy atom. The minimum atomic E-state index is -3.52. The van der Waals surface area contributed by atoms with Crippen molar-refractivity contribution < 1.29 is 8.42 Å². The van der Waals surface area contributed by atoms with Gasteiger partial charge in [-0.25, -0.2) is 17.7 Å². The maximum atomic E-state index is 11.8. The van der Waals surface area contributed by atoms with Crippen LogP contribution in [-0.2, 0) is 10.0 Å². The average Bonchev–Trinajstić information content (AvgIpc) is 2.10. The Morgan fingerprint density at radius 1 is 1.33 bits per heavy atom. The highest BCUT2D eigenvalue weighted by molar-refractivity contribution is 7.89. The predicted molar refractivity (Wildman–Crippen MR) is 59.9 cm³/mol. The van der Waals surface area contributed by atoms with Crippen LogP contribution >= 0.6 is 23.2 Å². The molecule has 1 aromatic heterocycles. The smallest absolute Gasteiger partial charge is 0.238 e. The third-order valence-electron chi connectivity index (χ3n) is 1.84. The molecule has 0 saturated carbocycles. The van der Waals surface area contributed by atoms with Gasteiger partial charge in [0.05, 0.1) is 10.7 Å². The molecule has 0 amide bonds. The van der Waals surface area contributed by atoms with E-state index in [4.69, 9.17) is 23.2 Å². The second-order valence-corrected chi connectivity index (χ2v) is 6.02. The molecule has 0 fully saturated rings. The summed E-state index contributed by atoms with van der Waals surface area (Å²) in [6.45, 7) is 1.57. The van der Waals surface area contributed by atoms with Crippen molar-refractivity contribution in [2.45, 2.75) is 11.8 Å². The first kappa shape index (κ1) is 12.7. The fourth-order valence-corrected chi connectivity index (χ4v) is 2.47. The molecule has 0 aliphatic heterocycles. The zero-order valence-corrected chi connectivity index (χ0v) is 10.8. The van der Waals surface area contributed by atoms with E-state index in [-0.39, 0.29) is 15.1 Å². The average molecular weight is 269 g/mol. The molecule has 0 aliphatic carbocycles. The maximum absolute atomic E-state index is 11.8. The molecule has 0 radical (unpaired) electrons. The van der Waals surface area contributed by atoms with E-state index in [1.165, 1.54) is 20.2 Å². The molecule has 84 valence electrons. The van der Waals surface area contributed by atoms with Crippen molar-refractivity contribution >= 4 is 33.2 Å². The van der Waals surface area contributed by atoms with Gasteiger partial charge in [-0.3, -0.25) is 0 Å². The lowest BCUT2D eigenvalue weighted by atomic mass is 10.4. The Morgan fingerprint density at radius 2 is 1.87 bits per heavy atom. The Kier molecular flexibility index (Phi) is 3.60. The summed E-state index contributed by atoms with van der Waals surface area (Å²) in [6.07, 6.45) is 0. The predicted octanol–water partition coefficient (Wildman–Crippen LogP) is 1.95. The number of aromatic nitrogens is 1. The van der Waals surface area contributed by atoms with Crippen molar-refractivity contribution in [1.29, 1.82) is 0 Å². The summed E-state index contributed by atoms with van der Waals surface area (Å²) in [5.41, 5.74) is 0.332. The summed E-state index contributed by atoms with van der Waals surface area (Å²) in [5.74, 6) is 0. The number of hydrogen-bond acceptors (Lipinski definition) is 3. The molecule has 0 aromatic carbocycles. The van der Waals surface area contributed by atoms with Crippen molar-refractivity contribution in [3.05, 3.63) is 21.9 Å². The summed E-state index contributed by atoms with van der Waals surface area (Å²) in [4.78, 5) is 3.92. The van der Waals surface area contributed by atoms with Crippen molar-refractivity contribution in [3.63, 3.8) is 0 Å². The van der Waals surface area contributed by atoms with Gasteiger partial charge in [0.25, 0.3) is 0 Å². The highest BCUT2D eigenvalue weighted by Crippen LogP contribution is 2.26. The summed E-state index contributed by atoms with van der Waals surface area (Å²) in [6, 6.07) is 1.31. The lowest BCUT2D eigenvalue weighted by Crippen LogP contribution is -2.23. The minimum absolute atomic E-state index is 0.0712. The van der Waals surface area contributed by atoms with Gasteiger partial charge in [-0.15, -0.1) is 0 Å². The van der Waals surface area contributed by atoms with Crippen LogP contribution in [0.4, 0.5) is 0 Å². The van der Waals surface area contributed by atoms with Crippen molar-refractivity contribution in [2.75, 3.05) is 14.1 Å². The quantitative estimate of drug-likeness (QED) is 0.771. The SMILES string of the molecule is Cc1nc(Cl)c(Cl)cc1S(=O)(=O)N(C)C. The number of rotatable bonds is 2. The molecule has 1 rings (SSSR count). The largest absolute Gasteiger partial charge is 0.244 e. The molecule has 1 aromatic rings. The summed E-state index contributed by atoms with van der Waals surface area (Å²) in [5, 5.41) is 0.231. The lowest BCUT2D eigenvalue weighted by Gasteiger charge is -2.13. The minimum Gasteiger partial charge on any atom is -0.238 e. The van der Waals surface area contributed by atoms with Crippen LogP contribution in [0.15, 0.2) is 11.0 Å². The number of sulfonamides is 1. The summed E-state index contributed by atoms with van der Waals surface area (Å²) < 4.78 is 24.7. The van der Waals surface area contributed by atoms with E-state index in [0.29, 0.717) is 5.69 Å². The second-order valence-electron chi connectivity index (χ2n) is 3.13. The van der Waals surface area contributed by atoms with E-state index >= 15 is 0 Å². The van der Waals surface area contributed by atoms with Gasteiger partial charge in [0.2, 0.25) is 10.0 Å². The zero-order chi connectivity index (χ0) is 11.8. The molecular weight excluding hydrogens is 259 g/mol. The van der Waals surface area contributed by atoms with Gasteiger partial charge < -0.3 is 0 Å². The van der Waals surface area contributed by atoms with Crippen molar-refractivity contribution in [2.24, 2.45) is 0 Å². The monoisotopic (exact) mass is 268 g/mol. The first-order valence-electron chi connectivity index (χ1n) is 4.02. The van der Waals surface area contributed by atoms with Gasteiger partial charge in [-0.1, -0.05) is 23.2 Å². The molecule has 0 atom stereocenters. The lowest BCUT2D eigenvalue weighted by molar-refractivity contribution is 0.519. The van der Waals surface area contributed by atoms with E-state index in [1.54, 1.807) is 6.92 Å². The third-order valence-corrected chi connectivity index (χ3v) is 4.44. The summed E-state index contributed by atoms with van der Waals surface area (Å²) >= 11 is 11.4. The van der Waals surface area contributed by atoms with E-state index in [0.717, 1.165) is 4.31 Å². The molecule has 15 heavy (non-hydrogen) atoms. The fourth-order valence-electron chi connectivity index (χ4n) is 0.993. The van der Waals surface area contributed by atoms with Gasteiger partial charge >= 0.3 is 0 Å². The van der Waals surface area contributed by atoms with E-state index in [1.807, 2.05) is 0 Å². The van der Waals surface area contributed by atoms with Crippen LogP contribution in [0.25, 0.3) is 0 Å². The van der Waals surface area contributed by atoms with Crippen LogP contribution in [0.1, 0.15) is 5.69 Å². The van der Waals surface area contributed by atoms with Crippen LogP contribution in [0.5, 0.6) is 0 Å². The highest BCUT2D eigenvalue weighted by Gasteiger charge is 2.21. The topological polar surface area (TPSA) is 50.3 Å². The van der Waals surface area contributed by atoms with Crippen molar-refractivity contribution in [3.8, 4) is 0 Å².